The lowest BCUT2D eigenvalue weighted by atomic mass is 9.90. The molecule has 0 aliphatic heterocycles. The predicted molar refractivity (Wildman–Crippen MR) is 195 cm³/mol. The topological polar surface area (TPSA) is 62.5 Å². The number of aromatic nitrogens is 3. The first-order chi connectivity index (χ1) is 23.7. The molecule has 48 heavy (non-hydrogen) atoms. The minimum absolute atomic E-state index is 0.613. The Morgan fingerprint density at radius 2 is 1.04 bits per heavy atom. The second kappa shape index (κ2) is 11.3. The van der Waals surface area contributed by atoms with Crippen molar-refractivity contribution >= 4 is 32.3 Å². The van der Waals surface area contributed by atoms with Crippen LogP contribution in [0.2, 0.25) is 0 Å². The summed E-state index contributed by atoms with van der Waals surface area (Å²) < 4.78 is 0. The molecule has 222 valence electrons. The lowest BCUT2D eigenvalue weighted by Gasteiger charge is -2.14. The molecule has 0 saturated carbocycles. The third-order valence-corrected chi connectivity index (χ3v) is 9.19. The van der Waals surface area contributed by atoms with Crippen molar-refractivity contribution in [3.05, 3.63) is 164 Å². The van der Waals surface area contributed by atoms with Crippen LogP contribution >= 0.6 is 0 Å². The van der Waals surface area contributed by atoms with Crippen LogP contribution in [0.25, 0.3) is 88.5 Å². The highest BCUT2D eigenvalue weighted by Gasteiger charge is 2.14. The predicted octanol–water partition coefficient (Wildman–Crippen LogP) is 11.0. The number of nitrogens with zero attached hydrogens (tertiary/aromatic N) is 4. The summed E-state index contributed by atoms with van der Waals surface area (Å²) in [6.07, 6.45) is 3.65. The Hall–Kier alpha value is -6.70. The second-order valence-corrected chi connectivity index (χ2v) is 12.0. The van der Waals surface area contributed by atoms with Gasteiger partial charge in [-0.25, -0.2) is 9.97 Å². The van der Waals surface area contributed by atoms with E-state index in [1.165, 1.54) is 37.9 Å². The van der Waals surface area contributed by atoms with Crippen molar-refractivity contribution in [3.63, 3.8) is 0 Å². The Kier molecular flexibility index (Phi) is 6.48. The van der Waals surface area contributed by atoms with E-state index < -0.39 is 0 Å². The average Bonchev–Trinajstić information content (AvgIpc) is 3.17. The smallest absolute Gasteiger partial charge is 0.160 e. The van der Waals surface area contributed by atoms with Crippen LogP contribution in [0.1, 0.15) is 5.56 Å². The van der Waals surface area contributed by atoms with Crippen molar-refractivity contribution in [2.75, 3.05) is 0 Å². The van der Waals surface area contributed by atoms with E-state index in [0.717, 1.165) is 44.8 Å². The summed E-state index contributed by atoms with van der Waals surface area (Å²) in [4.78, 5) is 14.4. The van der Waals surface area contributed by atoms with Crippen LogP contribution in [0.3, 0.4) is 0 Å². The van der Waals surface area contributed by atoms with Crippen LogP contribution in [-0.4, -0.2) is 15.0 Å². The highest BCUT2D eigenvalue weighted by atomic mass is 14.9. The lowest BCUT2D eigenvalue weighted by Crippen LogP contribution is -1.96. The van der Waals surface area contributed by atoms with Gasteiger partial charge in [0.1, 0.15) is 0 Å². The van der Waals surface area contributed by atoms with Gasteiger partial charge in [0.2, 0.25) is 0 Å². The summed E-state index contributed by atoms with van der Waals surface area (Å²) >= 11 is 0. The normalized spacial score (nSPS) is 11.3. The molecule has 0 unspecified atom stereocenters. The number of rotatable bonds is 5. The summed E-state index contributed by atoms with van der Waals surface area (Å²) in [5.41, 5.74) is 9.59. The SMILES string of the molecule is N#Cc1ccc(-c2cc(-c3ccc(-c4cccnc4)cc3)nc(-c3ccc(-c4ccc5ccc6cccc7ccc4c5c67)cc3)n2)cc1. The molecule has 9 rings (SSSR count). The summed E-state index contributed by atoms with van der Waals surface area (Å²) in [7, 11) is 0. The van der Waals surface area contributed by atoms with Gasteiger partial charge in [0.05, 0.1) is 23.0 Å². The molecule has 0 amide bonds. The molecule has 4 nitrogen and oxygen atoms in total. The second-order valence-electron chi connectivity index (χ2n) is 12.0. The van der Waals surface area contributed by atoms with Gasteiger partial charge in [0.15, 0.2) is 5.82 Å². The fraction of sp³-hybridized carbons (Fsp3) is 0. The minimum atomic E-state index is 0.613. The maximum absolute atomic E-state index is 9.35. The molecule has 4 heteroatoms. The molecule has 2 heterocycles. The summed E-state index contributed by atoms with van der Waals surface area (Å²) in [6, 6.07) is 52.6. The van der Waals surface area contributed by atoms with Gasteiger partial charge in [-0.15, -0.1) is 0 Å². The molecule has 9 aromatic rings. The molecule has 0 N–H and O–H groups in total. The van der Waals surface area contributed by atoms with Crippen LogP contribution in [0, 0.1) is 11.3 Å². The van der Waals surface area contributed by atoms with Crippen LogP contribution in [0.4, 0.5) is 0 Å². The molecule has 0 aliphatic carbocycles. The zero-order valence-corrected chi connectivity index (χ0v) is 25.8. The molecule has 0 atom stereocenters. The Balaban J connectivity index is 1.13. The summed E-state index contributed by atoms with van der Waals surface area (Å²) in [5, 5.41) is 17.0. The highest BCUT2D eigenvalue weighted by Crippen LogP contribution is 2.39. The largest absolute Gasteiger partial charge is 0.264 e. The number of hydrogen-bond acceptors (Lipinski definition) is 4. The Labute approximate surface area is 277 Å². The van der Waals surface area contributed by atoms with Crippen LogP contribution in [0.5, 0.6) is 0 Å². The van der Waals surface area contributed by atoms with E-state index in [1.807, 2.05) is 42.6 Å². The van der Waals surface area contributed by atoms with E-state index in [9.17, 15) is 5.26 Å². The van der Waals surface area contributed by atoms with Gasteiger partial charge >= 0.3 is 0 Å². The Morgan fingerprint density at radius 1 is 0.458 bits per heavy atom. The molecule has 2 aromatic heterocycles. The molecule has 0 bridgehead atoms. The van der Waals surface area contributed by atoms with Crippen molar-refractivity contribution in [2.45, 2.75) is 0 Å². The van der Waals surface area contributed by atoms with Gasteiger partial charge in [-0.3, -0.25) is 4.98 Å². The average molecular weight is 611 g/mol. The maximum Gasteiger partial charge on any atom is 0.160 e. The first-order valence-corrected chi connectivity index (χ1v) is 15.9. The zero-order valence-electron chi connectivity index (χ0n) is 25.8. The molecule has 0 radical (unpaired) electrons. The van der Waals surface area contributed by atoms with Gasteiger partial charge in [-0.2, -0.15) is 5.26 Å². The number of nitriles is 1. The lowest BCUT2D eigenvalue weighted by molar-refractivity contribution is 1.18. The van der Waals surface area contributed by atoms with Crippen molar-refractivity contribution < 1.29 is 0 Å². The van der Waals surface area contributed by atoms with Gasteiger partial charge in [0, 0.05) is 29.1 Å². The van der Waals surface area contributed by atoms with Crippen LogP contribution in [-0.2, 0) is 0 Å². The molecule has 0 spiro atoms. The van der Waals surface area contributed by atoms with E-state index in [1.54, 1.807) is 6.20 Å². The van der Waals surface area contributed by atoms with E-state index in [0.29, 0.717) is 11.4 Å². The van der Waals surface area contributed by atoms with Gasteiger partial charge in [-0.1, -0.05) is 121 Å². The molecule has 7 aromatic carbocycles. The molecular weight excluding hydrogens is 585 g/mol. The van der Waals surface area contributed by atoms with E-state index in [4.69, 9.17) is 9.97 Å². The number of benzene rings is 7. The first-order valence-electron chi connectivity index (χ1n) is 15.9. The zero-order chi connectivity index (χ0) is 32.0. The van der Waals surface area contributed by atoms with Gasteiger partial charge in [0.25, 0.3) is 0 Å². The van der Waals surface area contributed by atoms with Crippen molar-refractivity contribution in [1.82, 2.24) is 15.0 Å². The molecule has 0 aliphatic rings. The monoisotopic (exact) mass is 610 g/mol. The number of hydrogen-bond donors (Lipinski definition) is 0. The van der Waals surface area contributed by atoms with Gasteiger partial charge < -0.3 is 0 Å². The number of pyridine rings is 1. The third kappa shape index (κ3) is 4.74. The fourth-order valence-corrected chi connectivity index (χ4v) is 6.74. The summed E-state index contributed by atoms with van der Waals surface area (Å²) in [5.74, 6) is 0.644. The quantitative estimate of drug-likeness (QED) is 0.182. The Morgan fingerprint density at radius 3 is 1.71 bits per heavy atom. The van der Waals surface area contributed by atoms with Crippen LogP contribution in [0.15, 0.2) is 158 Å². The molecule has 0 saturated heterocycles. The first kappa shape index (κ1) is 27.6. The van der Waals surface area contributed by atoms with Crippen molar-refractivity contribution in [3.8, 4) is 62.2 Å². The molecule has 0 fully saturated rings. The van der Waals surface area contributed by atoms with Crippen molar-refractivity contribution in [1.29, 1.82) is 5.26 Å². The summed E-state index contributed by atoms with van der Waals surface area (Å²) in [6.45, 7) is 0. The van der Waals surface area contributed by atoms with E-state index in [-0.39, 0.29) is 0 Å². The van der Waals surface area contributed by atoms with Gasteiger partial charge in [-0.05, 0) is 78.8 Å². The highest BCUT2D eigenvalue weighted by molar-refractivity contribution is 6.25. The standard InChI is InChI=1S/C44H26N4/c45-26-28-6-8-31(9-7-28)40-25-41(32-14-10-29(11-15-32)37-5-2-24-46-27-37)48-44(47-40)36-18-12-30(13-19-36)38-22-20-35-17-16-33-3-1-4-34-21-23-39(38)43(35)42(33)34/h1-25,27H. The maximum atomic E-state index is 9.35. The third-order valence-electron chi connectivity index (χ3n) is 9.19. The van der Waals surface area contributed by atoms with Crippen LogP contribution < -0.4 is 0 Å². The van der Waals surface area contributed by atoms with E-state index in [2.05, 4.69) is 120 Å². The fourth-order valence-electron chi connectivity index (χ4n) is 6.74. The van der Waals surface area contributed by atoms with E-state index >= 15 is 0 Å². The minimum Gasteiger partial charge on any atom is -0.264 e. The molecular formula is C44H26N4. The van der Waals surface area contributed by atoms with Crippen molar-refractivity contribution in [2.24, 2.45) is 0 Å². The Bertz CT molecular complexity index is 2620.